The van der Waals surface area contributed by atoms with Crippen LogP contribution in [-0.2, 0) is 14.3 Å². The average Bonchev–Trinajstić information content (AvgIpc) is 2.38. The summed E-state index contributed by atoms with van der Waals surface area (Å²) in [4.78, 5) is 3.38. The van der Waals surface area contributed by atoms with Crippen molar-refractivity contribution in [1.82, 2.24) is 4.98 Å². The van der Waals surface area contributed by atoms with E-state index in [1.54, 1.807) is 0 Å². The molecule has 0 spiro atoms. The summed E-state index contributed by atoms with van der Waals surface area (Å²) >= 11 is 0. The van der Waals surface area contributed by atoms with Crippen molar-refractivity contribution in [3.05, 3.63) is 12.5 Å². The third-order valence-corrected chi connectivity index (χ3v) is 1.91. The van der Waals surface area contributed by atoms with Crippen LogP contribution in [0.1, 0.15) is 0 Å². The number of hydrogen-bond acceptors (Lipinski definition) is 5. The monoisotopic (exact) mass is 163 g/mol. The summed E-state index contributed by atoms with van der Waals surface area (Å²) in [6, 6.07) is 0. The van der Waals surface area contributed by atoms with Crippen LogP contribution in [0.4, 0.5) is 0 Å². The quantitative estimate of drug-likeness (QED) is 0.574. The molecule has 10 heavy (non-hydrogen) atoms. The lowest BCUT2D eigenvalue weighted by molar-refractivity contribution is 0.351. The highest BCUT2D eigenvalue weighted by atomic mass is 32.2. The van der Waals surface area contributed by atoms with Gasteiger partial charge in [0, 0.05) is 0 Å². The SMILES string of the molecule is COS(=O)(=O)c1ncco1. The first-order valence-electron chi connectivity index (χ1n) is 2.37. The second-order valence-corrected chi connectivity index (χ2v) is 3.01. The molecule has 0 atom stereocenters. The molecule has 0 bridgehead atoms. The zero-order chi connectivity index (χ0) is 7.61. The third kappa shape index (κ3) is 1.17. The Hall–Kier alpha value is -0.880. The summed E-state index contributed by atoms with van der Waals surface area (Å²) in [6.45, 7) is 0. The minimum Gasteiger partial charge on any atom is -0.435 e. The Morgan fingerprint density at radius 1 is 1.70 bits per heavy atom. The van der Waals surface area contributed by atoms with Crippen LogP contribution in [0, 0.1) is 0 Å². The Bertz CT molecular complexity index is 287. The van der Waals surface area contributed by atoms with E-state index in [1.165, 1.54) is 6.20 Å². The zero-order valence-corrected chi connectivity index (χ0v) is 5.96. The molecule has 0 N–H and O–H groups in total. The first-order chi connectivity index (χ1) is 4.67. The number of hydrogen-bond donors (Lipinski definition) is 0. The predicted molar refractivity (Wildman–Crippen MR) is 30.7 cm³/mol. The lowest BCUT2D eigenvalue weighted by Gasteiger charge is -1.91. The Balaban J connectivity index is 3.09. The molecule has 6 heteroatoms. The van der Waals surface area contributed by atoms with Gasteiger partial charge in [-0.2, -0.15) is 8.42 Å². The van der Waals surface area contributed by atoms with Gasteiger partial charge in [0.15, 0.2) is 0 Å². The van der Waals surface area contributed by atoms with E-state index in [1.807, 2.05) is 0 Å². The summed E-state index contributed by atoms with van der Waals surface area (Å²) in [5, 5.41) is -0.421. The molecule has 0 aliphatic rings. The van der Waals surface area contributed by atoms with Crippen molar-refractivity contribution in [2.24, 2.45) is 0 Å². The largest absolute Gasteiger partial charge is 0.435 e. The van der Waals surface area contributed by atoms with Crippen LogP contribution in [0.15, 0.2) is 22.1 Å². The van der Waals surface area contributed by atoms with Gasteiger partial charge in [-0.1, -0.05) is 0 Å². The summed E-state index contributed by atoms with van der Waals surface area (Å²) in [6.07, 6.45) is 2.39. The van der Waals surface area contributed by atoms with Gasteiger partial charge < -0.3 is 4.42 Å². The van der Waals surface area contributed by atoms with Gasteiger partial charge in [-0.15, -0.1) is 0 Å². The molecule has 5 nitrogen and oxygen atoms in total. The van der Waals surface area contributed by atoms with Crippen molar-refractivity contribution in [2.45, 2.75) is 5.22 Å². The molecule has 0 unspecified atom stereocenters. The molecule has 0 aliphatic heterocycles. The summed E-state index contributed by atoms with van der Waals surface area (Å²) in [7, 11) is -2.69. The van der Waals surface area contributed by atoms with Crippen molar-refractivity contribution in [3.63, 3.8) is 0 Å². The highest BCUT2D eigenvalue weighted by Gasteiger charge is 2.17. The lowest BCUT2D eigenvalue weighted by Crippen LogP contribution is -2.02. The van der Waals surface area contributed by atoms with Crippen LogP contribution >= 0.6 is 0 Å². The number of aromatic nitrogens is 1. The molecule has 0 fully saturated rings. The maximum absolute atomic E-state index is 10.7. The second-order valence-electron chi connectivity index (χ2n) is 1.42. The van der Waals surface area contributed by atoms with Gasteiger partial charge in [-0.25, -0.2) is 4.98 Å². The van der Waals surface area contributed by atoms with Crippen LogP contribution in [0.5, 0.6) is 0 Å². The van der Waals surface area contributed by atoms with Gasteiger partial charge in [0.05, 0.1) is 13.3 Å². The maximum atomic E-state index is 10.7. The van der Waals surface area contributed by atoms with Crippen LogP contribution in [0.25, 0.3) is 0 Å². The molecule has 0 saturated heterocycles. The Kier molecular flexibility index (Phi) is 1.73. The van der Waals surface area contributed by atoms with Gasteiger partial charge in [0.2, 0.25) is 0 Å². The van der Waals surface area contributed by atoms with E-state index in [0.717, 1.165) is 13.4 Å². The van der Waals surface area contributed by atoms with E-state index in [0.29, 0.717) is 0 Å². The van der Waals surface area contributed by atoms with E-state index in [-0.39, 0.29) is 0 Å². The van der Waals surface area contributed by atoms with Gasteiger partial charge >= 0.3 is 15.3 Å². The summed E-state index contributed by atoms with van der Waals surface area (Å²) in [5.41, 5.74) is 0. The van der Waals surface area contributed by atoms with Crippen molar-refractivity contribution in [1.29, 1.82) is 0 Å². The van der Waals surface area contributed by atoms with Crippen LogP contribution < -0.4 is 0 Å². The zero-order valence-electron chi connectivity index (χ0n) is 5.14. The van der Waals surface area contributed by atoms with E-state index in [2.05, 4.69) is 13.6 Å². The number of rotatable bonds is 2. The second kappa shape index (κ2) is 2.39. The van der Waals surface area contributed by atoms with E-state index < -0.39 is 15.3 Å². The van der Waals surface area contributed by atoms with Crippen molar-refractivity contribution in [3.8, 4) is 0 Å². The molecule has 0 radical (unpaired) electrons. The van der Waals surface area contributed by atoms with Crippen molar-refractivity contribution >= 4 is 10.1 Å². The smallest absolute Gasteiger partial charge is 0.349 e. The van der Waals surface area contributed by atoms with Crippen LogP contribution in [-0.4, -0.2) is 20.5 Å². The molecular formula is C4H5NO4S. The summed E-state index contributed by atoms with van der Waals surface area (Å²) in [5.74, 6) is 0. The van der Waals surface area contributed by atoms with Crippen LogP contribution in [0.3, 0.4) is 0 Å². The minimum absolute atomic E-state index is 0.421. The van der Waals surface area contributed by atoms with Crippen LogP contribution in [0.2, 0.25) is 0 Å². The standard InChI is InChI=1S/C4H5NO4S/c1-8-10(6,7)4-5-2-3-9-4/h2-3H,1H3. The minimum atomic E-state index is -3.73. The molecule has 1 rings (SSSR count). The lowest BCUT2D eigenvalue weighted by atomic mass is 11.0. The van der Waals surface area contributed by atoms with Gasteiger partial charge in [0.25, 0.3) is 0 Å². The molecular weight excluding hydrogens is 158 g/mol. The molecule has 0 aliphatic carbocycles. The molecule has 0 amide bonds. The van der Waals surface area contributed by atoms with Gasteiger partial charge in [-0.05, 0) is 0 Å². The maximum Gasteiger partial charge on any atom is 0.349 e. The van der Waals surface area contributed by atoms with Crippen molar-refractivity contribution in [2.75, 3.05) is 7.11 Å². The first-order valence-corrected chi connectivity index (χ1v) is 3.78. The highest BCUT2D eigenvalue weighted by Crippen LogP contribution is 2.06. The highest BCUT2D eigenvalue weighted by molar-refractivity contribution is 7.86. The number of nitrogens with zero attached hydrogens (tertiary/aromatic N) is 1. The van der Waals surface area contributed by atoms with Crippen molar-refractivity contribution < 1.29 is 17.0 Å². The normalized spacial score (nSPS) is 11.7. The molecule has 0 saturated carbocycles. The fourth-order valence-electron chi connectivity index (χ4n) is 0.405. The Morgan fingerprint density at radius 3 is 2.80 bits per heavy atom. The van der Waals surface area contributed by atoms with E-state index >= 15 is 0 Å². The molecule has 1 heterocycles. The Labute approximate surface area is 57.8 Å². The fraction of sp³-hybridized carbons (Fsp3) is 0.250. The summed E-state index contributed by atoms with van der Waals surface area (Å²) < 4.78 is 29.9. The molecule has 56 valence electrons. The van der Waals surface area contributed by atoms with E-state index in [4.69, 9.17) is 0 Å². The average molecular weight is 163 g/mol. The van der Waals surface area contributed by atoms with E-state index in [9.17, 15) is 8.42 Å². The molecule has 0 aromatic carbocycles. The third-order valence-electron chi connectivity index (χ3n) is 0.843. The first kappa shape index (κ1) is 7.23. The van der Waals surface area contributed by atoms with Gasteiger partial charge in [0.1, 0.15) is 6.26 Å². The Morgan fingerprint density at radius 2 is 2.40 bits per heavy atom. The molecule has 1 aromatic rings. The fourth-order valence-corrected chi connectivity index (χ4v) is 0.911. The predicted octanol–water partition coefficient (Wildman–Crippen LogP) is 0.00970. The topological polar surface area (TPSA) is 69.4 Å². The number of oxazole rings is 1. The molecule has 1 aromatic heterocycles. The van der Waals surface area contributed by atoms with Gasteiger partial charge in [-0.3, -0.25) is 4.18 Å².